The molecule has 1 aliphatic heterocycles. The average Bonchev–Trinajstić information content (AvgIpc) is 3.12. The molecule has 0 aliphatic carbocycles. The number of rotatable bonds is 6. The Balaban J connectivity index is 1.52. The first kappa shape index (κ1) is 25.4. The molecule has 196 valence electrons. The number of aromatic nitrogens is 3. The lowest BCUT2D eigenvalue weighted by atomic mass is 9.95. The second kappa shape index (κ2) is 10.7. The third kappa shape index (κ3) is 5.54. The van der Waals surface area contributed by atoms with Gasteiger partial charge in [0.2, 0.25) is 0 Å². The first-order valence-corrected chi connectivity index (χ1v) is 12.9. The summed E-state index contributed by atoms with van der Waals surface area (Å²) < 4.78 is 19.7. The number of amidine groups is 1. The first-order valence-electron chi connectivity index (χ1n) is 12.9. The molecule has 7 nitrogen and oxygen atoms in total. The summed E-state index contributed by atoms with van der Waals surface area (Å²) in [5.41, 5.74) is 13.0. The number of H-pyrrole nitrogens is 1. The van der Waals surface area contributed by atoms with E-state index in [1.54, 1.807) is 6.92 Å². The smallest absolute Gasteiger partial charge is 0.177 e. The molecule has 5 rings (SSSR count). The van der Waals surface area contributed by atoms with Gasteiger partial charge >= 0.3 is 0 Å². The van der Waals surface area contributed by atoms with Gasteiger partial charge in [-0.25, -0.2) is 19.4 Å². The maximum Gasteiger partial charge on any atom is 0.177 e. The first-order chi connectivity index (χ1) is 18.3. The average molecular weight is 513 g/mol. The molecule has 2 aromatic carbocycles. The molecule has 0 atom stereocenters. The van der Waals surface area contributed by atoms with Crippen molar-refractivity contribution >= 4 is 17.0 Å². The van der Waals surface area contributed by atoms with E-state index in [0.717, 1.165) is 50.7 Å². The molecule has 0 radical (unpaired) electrons. The van der Waals surface area contributed by atoms with Crippen LogP contribution < -0.4 is 10.5 Å². The summed E-state index contributed by atoms with van der Waals surface area (Å²) in [6, 6.07) is 15.0. The second-order valence-corrected chi connectivity index (χ2v) is 10.1. The zero-order valence-corrected chi connectivity index (χ0v) is 22.3. The van der Waals surface area contributed by atoms with Crippen LogP contribution in [-0.4, -0.2) is 38.8 Å². The Morgan fingerprint density at radius 2 is 1.95 bits per heavy atom. The lowest BCUT2D eigenvalue weighted by molar-refractivity contribution is 0.259. The number of pyridine rings is 1. The lowest BCUT2D eigenvalue weighted by Crippen LogP contribution is -2.28. The van der Waals surface area contributed by atoms with Crippen molar-refractivity contribution in [3.05, 3.63) is 88.9 Å². The second-order valence-electron chi connectivity index (χ2n) is 10.1. The summed E-state index contributed by atoms with van der Waals surface area (Å²) in [4.78, 5) is 19.3. The van der Waals surface area contributed by atoms with Gasteiger partial charge in [0.05, 0.1) is 17.9 Å². The van der Waals surface area contributed by atoms with Crippen molar-refractivity contribution in [2.45, 2.75) is 40.7 Å². The van der Waals surface area contributed by atoms with Crippen molar-refractivity contribution < 1.29 is 9.13 Å². The van der Waals surface area contributed by atoms with Gasteiger partial charge in [-0.2, -0.15) is 0 Å². The minimum Gasteiger partial charge on any atom is -0.491 e. The highest BCUT2D eigenvalue weighted by atomic mass is 19.1. The third-order valence-corrected chi connectivity index (χ3v) is 6.70. The molecule has 38 heavy (non-hydrogen) atoms. The maximum atomic E-state index is 13.5. The molecule has 1 aliphatic rings. The maximum absolute atomic E-state index is 13.5. The normalized spacial score (nSPS) is 14.8. The van der Waals surface area contributed by atoms with Gasteiger partial charge in [-0.1, -0.05) is 32.0 Å². The van der Waals surface area contributed by atoms with E-state index in [0.29, 0.717) is 37.6 Å². The van der Waals surface area contributed by atoms with Gasteiger partial charge in [0.15, 0.2) is 5.65 Å². The molecule has 0 spiro atoms. The fraction of sp³-hybridized carbons (Fsp3) is 0.300. The van der Waals surface area contributed by atoms with Gasteiger partial charge in [-0.15, -0.1) is 0 Å². The molecule has 0 saturated carbocycles. The standard InChI is InChI=1S/C30H33FN6O/c1-18(2)26(13-21-5-8-25(31)9-6-21)30(34-19(3)32)37-11-12-38-28-10-7-22(14-24(28)17-37)23-15-27-29(33-16-23)36-20(4)35-27/h5-10,14-16,18H,11-13,17H2,1-4H3,(H2,32,34)(H,33,35,36)/b30-26+. The van der Waals surface area contributed by atoms with E-state index in [4.69, 9.17) is 15.5 Å². The zero-order valence-electron chi connectivity index (χ0n) is 22.3. The van der Waals surface area contributed by atoms with Gasteiger partial charge in [0.25, 0.3) is 0 Å². The molecule has 3 heterocycles. The van der Waals surface area contributed by atoms with Crippen LogP contribution in [0.3, 0.4) is 0 Å². The van der Waals surface area contributed by atoms with Gasteiger partial charge in [0, 0.05) is 23.9 Å². The Hall–Kier alpha value is -4.20. The van der Waals surface area contributed by atoms with Crippen LogP contribution in [0.2, 0.25) is 0 Å². The zero-order chi connectivity index (χ0) is 26.8. The largest absolute Gasteiger partial charge is 0.491 e. The number of halogens is 1. The molecular weight excluding hydrogens is 479 g/mol. The van der Waals surface area contributed by atoms with Crippen LogP contribution in [0.1, 0.15) is 37.7 Å². The number of aromatic amines is 1. The van der Waals surface area contributed by atoms with E-state index in [1.165, 1.54) is 12.1 Å². The molecule has 0 bridgehead atoms. The summed E-state index contributed by atoms with van der Waals surface area (Å²) in [6.07, 6.45) is 2.51. The Morgan fingerprint density at radius 1 is 1.16 bits per heavy atom. The van der Waals surface area contributed by atoms with Crippen molar-refractivity contribution in [2.75, 3.05) is 13.2 Å². The van der Waals surface area contributed by atoms with Crippen LogP contribution in [0.5, 0.6) is 5.75 Å². The lowest BCUT2D eigenvalue weighted by Gasteiger charge is -2.27. The monoisotopic (exact) mass is 512 g/mol. The van der Waals surface area contributed by atoms with Crippen LogP contribution in [0.15, 0.2) is 71.1 Å². The third-order valence-electron chi connectivity index (χ3n) is 6.70. The Labute approximate surface area is 222 Å². The van der Waals surface area contributed by atoms with Gasteiger partial charge in [-0.05, 0) is 73.2 Å². The van der Waals surface area contributed by atoms with Crippen LogP contribution in [0.25, 0.3) is 22.3 Å². The summed E-state index contributed by atoms with van der Waals surface area (Å²) in [5, 5.41) is 0. The number of benzene rings is 2. The van der Waals surface area contributed by atoms with Crippen molar-refractivity contribution in [1.82, 2.24) is 19.9 Å². The number of nitrogens with zero attached hydrogens (tertiary/aromatic N) is 4. The Bertz CT molecular complexity index is 1520. The number of imidazole rings is 1. The van der Waals surface area contributed by atoms with E-state index in [9.17, 15) is 4.39 Å². The number of hydrogen-bond donors (Lipinski definition) is 2. The van der Waals surface area contributed by atoms with Crippen molar-refractivity contribution in [3.63, 3.8) is 0 Å². The fourth-order valence-electron chi connectivity index (χ4n) is 4.81. The van der Waals surface area contributed by atoms with E-state index in [1.807, 2.05) is 31.3 Å². The number of aliphatic imine (C=N–C) groups is 1. The topological polar surface area (TPSA) is 92.4 Å². The predicted molar refractivity (Wildman–Crippen MR) is 149 cm³/mol. The van der Waals surface area contributed by atoms with Gasteiger partial charge in [0.1, 0.15) is 29.8 Å². The van der Waals surface area contributed by atoms with E-state index in [-0.39, 0.29) is 11.7 Å². The molecule has 4 aromatic rings. The number of nitrogens with two attached hydrogens (primary N) is 1. The van der Waals surface area contributed by atoms with Crippen molar-refractivity contribution in [2.24, 2.45) is 16.6 Å². The summed E-state index contributed by atoms with van der Waals surface area (Å²) in [6.45, 7) is 9.84. The molecule has 3 N–H and O–H groups in total. The summed E-state index contributed by atoms with van der Waals surface area (Å²) in [7, 11) is 0. The molecule has 8 heteroatoms. The minimum atomic E-state index is -0.242. The van der Waals surface area contributed by atoms with Crippen LogP contribution in [0, 0.1) is 18.7 Å². The number of nitrogens with one attached hydrogen (secondary N) is 1. The van der Waals surface area contributed by atoms with Gasteiger partial charge in [-0.3, -0.25) is 0 Å². The van der Waals surface area contributed by atoms with Crippen molar-refractivity contribution in [3.8, 4) is 16.9 Å². The Kier molecular flexibility index (Phi) is 7.13. The molecule has 2 aromatic heterocycles. The van der Waals surface area contributed by atoms with E-state index >= 15 is 0 Å². The molecule has 0 amide bonds. The molecule has 0 fully saturated rings. The fourth-order valence-corrected chi connectivity index (χ4v) is 4.81. The van der Waals surface area contributed by atoms with Crippen LogP contribution >= 0.6 is 0 Å². The summed E-state index contributed by atoms with van der Waals surface area (Å²) in [5.74, 6) is 3.01. The summed E-state index contributed by atoms with van der Waals surface area (Å²) >= 11 is 0. The van der Waals surface area contributed by atoms with Gasteiger partial charge < -0.3 is 20.4 Å². The van der Waals surface area contributed by atoms with E-state index < -0.39 is 0 Å². The molecular formula is C30H33FN6O. The predicted octanol–water partition coefficient (Wildman–Crippen LogP) is 5.75. The number of allylic oxidation sites excluding steroid dienone is 1. The number of ether oxygens (including phenoxy) is 1. The number of hydrogen-bond acceptors (Lipinski definition) is 5. The highest BCUT2D eigenvalue weighted by molar-refractivity contribution is 5.79. The van der Waals surface area contributed by atoms with Crippen LogP contribution in [0.4, 0.5) is 4.39 Å². The highest BCUT2D eigenvalue weighted by Gasteiger charge is 2.23. The molecule has 0 saturated heterocycles. The van der Waals surface area contributed by atoms with E-state index in [2.05, 4.69) is 51.9 Å². The number of aryl methyl sites for hydroxylation is 1. The quantitative estimate of drug-likeness (QED) is 0.253. The Morgan fingerprint density at radius 3 is 2.68 bits per heavy atom. The van der Waals surface area contributed by atoms with Crippen molar-refractivity contribution in [1.29, 1.82) is 0 Å². The minimum absolute atomic E-state index is 0.212. The van der Waals surface area contributed by atoms with Crippen LogP contribution in [-0.2, 0) is 13.0 Å². The molecule has 0 unspecified atom stereocenters. The highest BCUT2D eigenvalue weighted by Crippen LogP contribution is 2.33. The number of fused-ring (bicyclic) bond motifs is 2. The SMILES string of the molecule is C/C(N)=N\C(=C(\Cc1ccc(F)cc1)C(C)C)N1CCOc2ccc(-c3cnc4nc(C)[nH]c4c3)cc2C1.